The van der Waals surface area contributed by atoms with Gasteiger partial charge in [0.15, 0.2) is 0 Å². The van der Waals surface area contributed by atoms with Crippen molar-refractivity contribution in [3.63, 3.8) is 0 Å². The van der Waals surface area contributed by atoms with Crippen LogP contribution in [0.25, 0.3) is 0 Å². The van der Waals surface area contributed by atoms with E-state index in [1.54, 1.807) is 12.1 Å². The molecule has 3 N–H and O–H groups in total. The zero-order valence-electron chi connectivity index (χ0n) is 12.0. The molecule has 114 valence electrons. The fraction of sp³-hybridized carbons (Fsp3) is 0.562. The third kappa shape index (κ3) is 3.07. The molecule has 0 spiro atoms. The second kappa shape index (κ2) is 5.59. The van der Waals surface area contributed by atoms with Gasteiger partial charge in [0.1, 0.15) is 0 Å². The molecule has 0 radical (unpaired) electrons. The van der Waals surface area contributed by atoms with Crippen molar-refractivity contribution < 1.29 is 9.90 Å². The number of rotatable bonds is 3. The number of hydrogen-bond acceptors (Lipinski definition) is 3. The number of amides is 1. The van der Waals surface area contributed by atoms with Gasteiger partial charge in [-0.1, -0.05) is 23.7 Å². The van der Waals surface area contributed by atoms with E-state index >= 15 is 0 Å². The third-order valence-corrected chi connectivity index (χ3v) is 4.95. The van der Waals surface area contributed by atoms with Crippen molar-refractivity contribution in [3.8, 4) is 0 Å². The van der Waals surface area contributed by atoms with Crippen LogP contribution in [-0.2, 0) is 4.79 Å². The number of hydrogen-bond donors (Lipinski definition) is 2. The van der Waals surface area contributed by atoms with Crippen LogP contribution in [0.4, 0.5) is 0 Å². The minimum Gasteiger partial charge on any atom is -0.388 e. The number of nitrogens with two attached hydrogens (primary N) is 1. The highest BCUT2D eigenvalue weighted by atomic mass is 35.5. The van der Waals surface area contributed by atoms with Crippen LogP contribution in [0.2, 0.25) is 5.02 Å². The normalized spacial score (nSPS) is 22.9. The molecule has 3 rings (SSSR count). The van der Waals surface area contributed by atoms with E-state index in [1.807, 2.05) is 17.0 Å². The summed E-state index contributed by atoms with van der Waals surface area (Å²) in [7, 11) is 0. The average Bonchev–Trinajstić information content (AvgIpc) is 3.26. The molecule has 4 nitrogen and oxygen atoms in total. The van der Waals surface area contributed by atoms with Gasteiger partial charge in [-0.25, -0.2) is 0 Å². The Bertz CT molecular complexity index is 520. The Kier molecular flexibility index (Phi) is 3.95. The van der Waals surface area contributed by atoms with Crippen molar-refractivity contribution in [1.82, 2.24) is 4.90 Å². The first-order chi connectivity index (χ1) is 9.99. The lowest BCUT2D eigenvalue weighted by Gasteiger charge is -2.35. The average molecular weight is 309 g/mol. The minimum atomic E-state index is -0.582. The van der Waals surface area contributed by atoms with E-state index in [0.717, 1.165) is 31.2 Å². The zero-order chi connectivity index (χ0) is 15.0. The first-order valence-electron chi connectivity index (χ1n) is 7.51. The topological polar surface area (TPSA) is 66.6 Å². The fourth-order valence-electron chi connectivity index (χ4n) is 3.01. The van der Waals surface area contributed by atoms with Crippen LogP contribution in [0.15, 0.2) is 24.3 Å². The van der Waals surface area contributed by atoms with Crippen molar-refractivity contribution >= 4 is 17.5 Å². The highest BCUT2D eigenvalue weighted by Gasteiger charge is 2.48. The molecule has 1 atom stereocenters. The molecule has 1 saturated heterocycles. The lowest BCUT2D eigenvalue weighted by Crippen LogP contribution is -2.49. The summed E-state index contributed by atoms with van der Waals surface area (Å²) >= 11 is 5.87. The van der Waals surface area contributed by atoms with E-state index in [-0.39, 0.29) is 11.8 Å². The molecule has 1 aromatic carbocycles. The molecule has 5 heteroatoms. The number of benzene rings is 1. The Morgan fingerprint density at radius 1 is 1.29 bits per heavy atom. The first kappa shape index (κ1) is 14.8. The van der Waals surface area contributed by atoms with Crippen molar-refractivity contribution in [2.45, 2.75) is 37.3 Å². The van der Waals surface area contributed by atoms with Crippen LogP contribution in [0.3, 0.4) is 0 Å². The number of piperidine rings is 1. The maximum atomic E-state index is 12.2. The summed E-state index contributed by atoms with van der Waals surface area (Å²) in [4.78, 5) is 14.0. The first-order valence-corrected chi connectivity index (χ1v) is 7.89. The third-order valence-electron chi connectivity index (χ3n) is 4.70. The van der Waals surface area contributed by atoms with E-state index in [9.17, 15) is 9.90 Å². The monoisotopic (exact) mass is 308 g/mol. The van der Waals surface area contributed by atoms with Crippen LogP contribution >= 0.6 is 11.6 Å². The molecule has 1 amide bonds. The van der Waals surface area contributed by atoms with E-state index in [0.29, 0.717) is 18.1 Å². The van der Waals surface area contributed by atoms with Gasteiger partial charge in [-0.15, -0.1) is 0 Å². The Balaban J connectivity index is 1.58. The molecular weight excluding hydrogens is 288 g/mol. The second-order valence-electron chi connectivity index (χ2n) is 6.28. The number of aliphatic hydroxyl groups excluding tert-OH is 1. The maximum Gasteiger partial charge on any atom is 0.242 e. The smallest absolute Gasteiger partial charge is 0.242 e. The van der Waals surface area contributed by atoms with Crippen LogP contribution in [0, 0.1) is 5.92 Å². The van der Waals surface area contributed by atoms with Crippen molar-refractivity contribution in [1.29, 1.82) is 0 Å². The summed E-state index contributed by atoms with van der Waals surface area (Å²) in [5, 5.41) is 11.1. The summed E-state index contributed by atoms with van der Waals surface area (Å²) in [5.74, 6) is 0.269. The van der Waals surface area contributed by atoms with Gasteiger partial charge >= 0.3 is 0 Å². The van der Waals surface area contributed by atoms with Gasteiger partial charge in [-0.2, -0.15) is 0 Å². The number of aliphatic hydroxyl groups is 1. The predicted octanol–water partition coefficient (Wildman–Crippen LogP) is 2.10. The van der Waals surface area contributed by atoms with Gasteiger partial charge in [0, 0.05) is 18.1 Å². The van der Waals surface area contributed by atoms with E-state index < -0.39 is 11.6 Å². The molecule has 1 unspecified atom stereocenters. The number of carbonyl (C=O) groups is 1. The van der Waals surface area contributed by atoms with Crippen LogP contribution in [0.1, 0.15) is 37.4 Å². The molecule has 1 aliphatic heterocycles. The molecule has 1 aliphatic carbocycles. The molecular formula is C16H21ClN2O2. The van der Waals surface area contributed by atoms with E-state index in [2.05, 4.69) is 0 Å². The number of nitrogens with zero attached hydrogens (tertiary/aromatic N) is 1. The summed E-state index contributed by atoms with van der Waals surface area (Å²) < 4.78 is 0. The van der Waals surface area contributed by atoms with Gasteiger partial charge in [0.2, 0.25) is 5.91 Å². The quantitative estimate of drug-likeness (QED) is 0.898. The number of carbonyl (C=O) groups excluding carboxylic acids is 1. The Labute approximate surface area is 129 Å². The molecule has 1 saturated carbocycles. The Hall–Kier alpha value is -1.10. The lowest BCUT2D eigenvalue weighted by molar-refractivity contribution is -0.135. The van der Waals surface area contributed by atoms with Gasteiger partial charge < -0.3 is 15.7 Å². The van der Waals surface area contributed by atoms with Gasteiger partial charge in [-0.05, 0) is 49.3 Å². The Morgan fingerprint density at radius 3 is 2.38 bits per heavy atom. The van der Waals surface area contributed by atoms with Gasteiger partial charge in [0.25, 0.3) is 0 Å². The van der Waals surface area contributed by atoms with Crippen molar-refractivity contribution in [2.24, 2.45) is 11.7 Å². The van der Waals surface area contributed by atoms with Crippen LogP contribution in [0.5, 0.6) is 0 Å². The summed E-state index contributed by atoms with van der Waals surface area (Å²) in [6.45, 7) is 1.38. The predicted molar refractivity (Wildman–Crippen MR) is 81.9 cm³/mol. The van der Waals surface area contributed by atoms with Gasteiger partial charge in [0.05, 0.1) is 11.6 Å². The second-order valence-corrected chi connectivity index (χ2v) is 6.72. The molecule has 1 aromatic rings. The van der Waals surface area contributed by atoms with E-state index in [1.165, 1.54) is 0 Å². The van der Waals surface area contributed by atoms with Crippen LogP contribution in [-0.4, -0.2) is 34.5 Å². The molecule has 2 aliphatic rings. The zero-order valence-corrected chi connectivity index (χ0v) is 12.7. The van der Waals surface area contributed by atoms with Gasteiger partial charge in [-0.3, -0.25) is 4.79 Å². The van der Waals surface area contributed by atoms with Crippen LogP contribution < -0.4 is 5.73 Å². The standard InChI is InChI=1S/C16H21ClN2O2/c17-13-3-1-11(2-4-13)14(20)12-5-9-19(10-6-12)15(21)16(18)7-8-16/h1-4,12,14,20H,5-10,18H2. The van der Waals surface area contributed by atoms with E-state index in [4.69, 9.17) is 17.3 Å². The Morgan fingerprint density at radius 2 is 1.86 bits per heavy atom. The lowest BCUT2D eigenvalue weighted by atomic mass is 9.87. The highest BCUT2D eigenvalue weighted by Crippen LogP contribution is 2.37. The molecule has 1 heterocycles. The summed E-state index contributed by atoms with van der Waals surface area (Å²) in [5.41, 5.74) is 6.28. The molecule has 0 aromatic heterocycles. The molecule has 0 bridgehead atoms. The maximum absolute atomic E-state index is 12.2. The number of halogens is 1. The molecule has 2 fully saturated rings. The minimum absolute atomic E-state index is 0.0851. The van der Waals surface area contributed by atoms with Crippen molar-refractivity contribution in [3.05, 3.63) is 34.9 Å². The molecule has 21 heavy (non-hydrogen) atoms. The summed E-state index contributed by atoms with van der Waals surface area (Å²) in [6, 6.07) is 7.32. The van der Waals surface area contributed by atoms with Crippen molar-refractivity contribution in [2.75, 3.05) is 13.1 Å². The summed E-state index contributed by atoms with van der Waals surface area (Å²) in [6.07, 6.45) is 2.74. The SMILES string of the molecule is NC1(C(=O)N2CCC(C(O)c3ccc(Cl)cc3)CC2)CC1. The number of likely N-dealkylation sites (tertiary alicyclic amines) is 1. The highest BCUT2D eigenvalue weighted by molar-refractivity contribution is 6.30. The largest absolute Gasteiger partial charge is 0.388 e. The fourth-order valence-corrected chi connectivity index (χ4v) is 3.14.